The highest BCUT2D eigenvalue weighted by atomic mass is 35.5. The minimum atomic E-state index is -0.241. The molecule has 1 heterocycles. The average molecular weight is 354 g/mol. The summed E-state index contributed by atoms with van der Waals surface area (Å²) in [4.78, 5) is 17.7. The van der Waals surface area contributed by atoms with Crippen LogP contribution in [0.25, 0.3) is 0 Å². The molecule has 128 valence electrons. The molecule has 0 aliphatic heterocycles. The van der Waals surface area contributed by atoms with Crippen LogP contribution >= 0.6 is 11.6 Å². The molecule has 1 amide bonds. The van der Waals surface area contributed by atoms with Crippen LogP contribution in [0.1, 0.15) is 25.0 Å². The lowest BCUT2D eigenvalue weighted by Gasteiger charge is -2.19. The number of carbonyl (C=O) groups is 1. The van der Waals surface area contributed by atoms with Gasteiger partial charge in [0.2, 0.25) is 5.91 Å². The molecule has 0 saturated carbocycles. The molecule has 0 bridgehead atoms. The van der Waals surface area contributed by atoms with Gasteiger partial charge in [-0.2, -0.15) is 0 Å². The maximum atomic E-state index is 11.3. The van der Waals surface area contributed by atoms with Gasteiger partial charge in [0, 0.05) is 29.9 Å². The number of pyridine rings is 1. The van der Waals surface area contributed by atoms with Crippen molar-refractivity contribution in [1.82, 2.24) is 4.98 Å². The summed E-state index contributed by atoms with van der Waals surface area (Å²) in [6.45, 7) is 9.28. The fraction of sp³-hybridized carbons (Fsp3) is 0.200. The second-order valence-electron chi connectivity index (χ2n) is 5.23. The Kier molecular flexibility index (Phi) is 6.62. The molecular weight excluding hydrogens is 334 g/mol. The molecule has 4 nitrogen and oxygen atoms in total. The van der Waals surface area contributed by atoms with Crippen molar-refractivity contribution in [3.05, 3.63) is 65.3 Å². The highest BCUT2D eigenvalue weighted by molar-refractivity contribution is 6.29. The third-order valence-electron chi connectivity index (χ3n) is 3.56. The van der Waals surface area contributed by atoms with Gasteiger partial charge >= 0.3 is 0 Å². The molecule has 0 aliphatic rings. The Morgan fingerprint density at radius 1 is 1.20 bits per heavy atom. The summed E-state index contributed by atoms with van der Waals surface area (Å²) < 4.78 is 0. The van der Waals surface area contributed by atoms with E-state index in [0.29, 0.717) is 10.8 Å². The highest BCUT2D eigenvalue weighted by Gasteiger charge is 2.06. The predicted octanol–water partition coefficient (Wildman–Crippen LogP) is 4.11. The summed E-state index contributed by atoms with van der Waals surface area (Å²) in [7, 11) is 0. The van der Waals surface area contributed by atoms with Crippen molar-refractivity contribution in [2.24, 2.45) is 0 Å². The summed E-state index contributed by atoms with van der Waals surface area (Å²) >= 11 is 6.12. The van der Waals surface area contributed by atoms with E-state index < -0.39 is 0 Å². The largest absolute Gasteiger partial charge is 0.357 e. The second-order valence-corrected chi connectivity index (χ2v) is 5.62. The van der Waals surface area contributed by atoms with Crippen molar-refractivity contribution < 1.29 is 4.79 Å². The molecule has 0 spiro atoms. The molecule has 0 radical (unpaired) electrons. The summed E-state index contributed by atoms with van der Waals surface area (Å²) in [6.07, 6.45) is 1.23. The number of hydrogen-bond acceptors (Lipinski definition) is 3. The van der Waals surface area contributed by atoms with E-state index in [0.717, 1.165) is 30.0 Å². The molecule has 2 rings (SSSR count). The molecule has 1 aromatic carbocycles. The van der Waals surface area contributed by atoms with Crippen LogP contribution in [0.2, 0.25) is 5.15 Å². The number of nitrogens with zero attached hydrogens (tertiary/aromatic N) is 2. The van der Waals surface area contributed by atoms with E-state index in [4.69, 9.17) is 11.6 Å². The number of amides is 1. The number of hydrogen-bond donors (Lipinski definition) is 1. The first kappa shape index (κ1) is 18.6. The molecule has 25 heavy (non-hydrogen) atoms. The van der Waals surface area contributed by atoms with E-state index >= 15 is 0 Å². The first-order valence-electron chi connectivity index (χ1n) is 8.03. The standard InChI is InChI=1S/C20H20ClN3O/c1-4-20(25)22-17-11-9-15(10-12-17)7-8-16-13-18(21)23-19(14-16)24(5-2)6-3/h4,9-14H,1,5-6H2,2-3H3,(H,22,25). The van der Waals surface area contributed by atoms with Crippen LogP contribution in [-0.2, 0) is 4.79 Å². The van der Waals surface area contributed by atoms with E-state index in [1.807, 2.05) is 18.2 Å². The number of halogens is 1. The van der Waals surface area contributed by atoms with Gasteiger partial charge in [-0.05, 0) is 56.3 Å². The van der Waals surface area contributed by atoms with Gasteiger partial charge in [-0.1, -0.05) is 30.0 Å². The normalized spacial score (nSPS) is 9.72. The maximum absolute atomic E-state index is 11.3. The topological polar surface area (TPSA) is 45.2 Å². The molecule has 0 atom stereocenters. The van der Waals surface area contributed by atoms with Crippen LogP contribution in [0, 0.1) is 11.8 Å². The quantitative estimate of drug-likeness (QED) is 0.500. The molecule has 2 aromatic rings. The van der Waals surface area contributed by atoms with Gasteiger partial charge in [-0.25, -0.2) is 4.98 Å². The maximum Gasteiger partial charge on any atom is 0.247 e. The molecule has 0 unspecified atom stereocenters. The number of rotatable bonds is 5. The zero-order valence-corrected chi connectivity index (χ0v) is 15.1. The van der Waals surface area contributed by atoms with Crippen LogP contribution in [-0.4, -0.2) is 24.0 Å². The Balaban J connectivity index is 2.20. The third kappa shape index (κ3) is 5.37. The minimum Gasteiger partial charge on any atom is -0.357 e. The number of anilines is 2. The van der Waals surface area contributed by atoms with E-state index in [-0.39, 0.29) is 5.91 Å². The van der Waals surface area contributed by atoms with E-state index in [1.54, 1.807) is 18.2 Å². The summed E-state index contributed by atoms with van der Waals surface area (Å²) in [5.41, 5.74) is 2.35. The Labute approximate surface area is 153 Å². The van der Waals surface area contributed by atoms with Crippen molar-refractivity contribution >= 4 is 29.0 Å². The molecule has 0 fully saturated rings. The van der Waals surface area contributed by atoms with Crippen molar-refractivity contribution in [1.29, 1.82) is 0 Å². The van der Waals surface area contributed by atoms with E-state index in [1.165, 1.54) is 6.08 Å². The first-order valence-corrected chi connectivity index (χ1v) is 8.41. The number of benzene rings is 1. The molecule has 1 N–H and O–H groups in total. The Hall–Kier alpha value is -2.77. The van der Waals surface area contributed by atoms with Crippen LogP contribution in [0.15, 0.2) is 49.1 Å². The number of carbonyl (C=O) groups excluding carboxylic acids is 1. The number of aromatic nitrogens is 1. The van der Waals surface area contributed by atoms with Gasteiger partial charge in [0.15, 0.2) is 0 Å². The van der Waals surface area contributed by atoms with Crippen LogP contribution in [0.3, 0.4) is 0 Å². The fourth-order valence-electron chi connectivity index (χ4n) is 2.24. The van der Waals surface area contributed by atoms with Gasteiger partial charge in [0.1, 0.15) is 11.0 Å². The SMILES string of the molecule is C=CC(=O)Nc1ccc(C#Cc2cc(Cl)nc(N(CC)CC)c2)cc1. The summed E-state index contributed by atoms with van der Waals surface area (Å²) in [6, 6.07) is 11.0. The number of nitrogens with one attached hydrogen (secondary N) is 1. The molecule has 0 aliphatic carbocycles. The Bertz CT molecular complexity index is 815. The van der Waals surface area contributed by atoms with Crippen LogP contribution in [0.5, 0.6) is 0 Å². The lowest BCUT2D eigenvalue weighted by atomic mass is 10.2. The molecule has 5 heteroatoms. The Morgan fingerprint density at radius 3 is 2.44 bits per heavy atom. The Morgan fingerprint density at radius 2 is 1.84 bits per heavy atom. The fourth-order valence-corrected chi connectivity index (χ4v) is 2.44. The second kappa shape index (κ2) is 8.91. The van der Waals surface area contributed by atoms with Crippen LogP contribution < -0.4 is 10.2 Å². The van der Waals surface area contributed by atoms with Gasteiger partial charge in [-0.3, -0.25) is 4.79 Å². The predicted molar refractivity (Wildman–Crippen MR) is 104 cm³/mol. The molecular formula is C20H20ClN3O. The van der Waals surface area contributed by atoms with Crippen molar-refractivity contribution in [3.8, 4) is 11.8 Å². The third-order valence-corrected chi connectivity index (χ3v) is 3.75. The zero-order valence-electron chi connectivity index (χ0n) is 14.3. The van der Waals surface area contributed by atoms with Crippen molar-refractivity contribution in [2.75, 3.05) is 23.3 Å². The van der Waals surface area contributed by atoms with Gasteiger partial charge in [0.25, 0.3) is 0 Å². The smallest absolute Gasteiger partial charge is 0.247 e. The summed E-state index contributed by atoms with van der Waals surface area (Å²) in [5, 5.41) is 3.12. The zero-order chi connectivity index (χ0) is 18.2. The van der Waals surface area contributed by atoms with Gasteiger partial charge in [0.05, 0.1) is 0 Å². The van der Waals surface area contributed by atoms with Crippen molar-refractivity contribution in [3.63, 3.8) is 0 Å². The monoisotopic (exact) mass is 353 g/mol. The lowest BCUT2D eigenvalue weighted by Crippen LogP contribution is -2.23. The first-order chi connectivity index (χ1) is 12.0. The van der Waals surface area contributed by atoms with Gasteiger partial charge in [-0.15, -0.1) is 0 Å². The van der Waals surface area contributed by atoms with Crippen LogP contribution in [0.4, 0.5) is 11.5 Å². The highest BCUT2D eigenvalue weighted by Crippen LogP contribution is 2.18. The minimum absolute atomic E-state index is 0.241. The van der Waals surface area contributed by atoms with Gasteiger partial charge < -0.3 is 10.2 Å². The molecule has 1 aromatic heterocycles. The summed E-state index contributed by atoms with van der Waals surface area (Å²) in [5.74, 6) is 6.79. The average Bonchev–Trinajstić information content (AvgIpc) is 2.61. The van der Waals surface area contributed by atoms with E-state index in [2.05, 4.69) is 47.5 Å². The van der Waals surface area contributed by atoms with E-state index in [9.17, 15) is 4.79 Å². The molecule has 0 saturated heterocycles. The van der Waals surface area contributed by atoms with Crippen molar-refractivity contribution in [2.45, 2.75) is 13.8 Å². The lowest BCUT2D eigenvalue weighted by molar-refractivity contribution is -0.111.